The lowest BCUT2D eigenvalue weighted by molar-refractivity contribution is -0.129. The summed E-state index contributed by atoms with van der Waals surface area (Å²) in [7, 11) is 3.47. The van der Waals surface area contributed by atoms with E-state index in [0.717, 1.165) is 60.7 Å². The molecule has 1 heterocycles. The average Bonchev–Trinajstić information content (AvgIpc) is 3.19. The van der Waals surface area contributed by atoms with Crippen molar-refractivity contribution in [3.05, 3.63) is 39.7 Å². The van der Waals surface area contributed by atoms with Crippen LogP contribution >= 0.6 is 0 Å². The highest BCUT2D eigenvalue weighted by Crippen LogP contribution is 2.36. The predicted molar refractivity (Wildman–Crippen MR) is 113 cm³/mol. The first-order chi connectivity index (χ1) is 13.4. The lowest BCUT2D eigenvalue weighted by Gasteiger charge is -2.21. The van der Waals surface area contributed by atoms with Gasteiger partial charge in [-0.25, -0.2) is 0 Å². The standard InChI is InChI=1S/C23H32N2O3/c1-15(2)11-12-25(3)21(26)14-19-18-10-9-17(28-4)13-20(18)24-23(27)22(19)16-7-5-6-8-16/h9-10,13,15-16H,5-8,11-12,14H2,1-4H3,(H,24,27). The Balaban J connectivity index is 2.02. The summed E-state index contributed by atoms with van der Waals surface area (Å²) in [4.78, 5) is 30.8. The normalized spacial score (nSPS) is 14.8. The molecular formula is C23H32N2O3. The number of nitrogens with one attached hydrogen (secondary N) is 1. The number of likely N-dealkylation sites (N-methyl/N-ethyl adjacent to an activating group) is 1. The number of fused-ring (bicyclic) bond motifs is 1. The Kier molecular flexibility index (Phi) is 6.42. The molecule has 1 aromatic heterocycles. The third-order valence-electron chi connectivity index (χ3n) is 5.93. The van der Waals surface area contributed by atoms with E-state index < -0.39 is 0 Å². The van der Waals surface area contributed by atoms with E-state index in [-0.39, 0.29) is 23.8 Å². The van der Waals surface area contributed by atoms with Crippen molar-refractivity contribution in [3.63, 3.8) is 0 Å². The van der Waals surface area contributed by atoms with Crippen molar-refractivity contribution in [1.82, 2.24) is 9.88 Å². The molecule has 152 valence electrons. The fourth-order valence-electron chi connectivity index (χ4n) is 4.19. The van der Waals surface area contributed by atoms with Crippen LogP contribution in [0, 0.1) is 5.92 Å². The van der Waals surface area contributed by atoms with Crippen LogP contribution in [-0.2, 0) is 11.2 Å². The first kappa shape index (κ1) is 20.4. The molecule has 1 aromatic carbocycles. The number of H-pyrrole nitrogens is 1. The maximum Gasteiger partial charge on any atom is 0.252 e. The van der Waals surface area contributed by atoms with Gasteiger partial charge in [0.25, 0.3) is 5.56 Å². The third kappa shape index (κ3) is 4.40. The smallest absolute Gasteiger partial charge is 0.252 e. The molecule has 5 nitrogen and oxygen atoms in total. The summed E-state index contributed by atoms with van der Waals surface area (Å²) in [5.74, 6) is 1.57. The summed E-state index contributed by atoms with van der Waals surface area (Å²) in [5.41, 5.74) is 2.40. The van der Waals surface area contributed by atoms with Crippen LogP contribution in [0.25, 0.3) is 10.9 Å². The SMILES string of the molecule is COc1ccc2c(CC(=O)N(C)CCC(C)C)c(C3CCCC3)c(=O)[nH]c2c1. The zero-order chi connectivity index (χ0) is 20.3. The molecule has 0 spiro atoms. The molecule has 1 amide bonds. The average molecular weight is 385 g/mol. The zero-order valence-corrected chi connectivity index (χ0v) is 17.5. The van der Waals surface area contributed by atoms with E-state index in [0.29, 0.717) is 11.7 Å². The molecule has 0 atom stereocenters. The Labute approximate surface area is 167 Å². The maximum absolute atomic E-state index is 13.0. The summed E-state index contributed by atoms with van der Waals surface area (Å²) < 4.78 is 5.31. The Hall–Kier alpha value is -2.30. The number of ether oxygens (including phenoxy) is 1. The van der Waals surface area contributed by atoms with Crippen molar-refractivity contribution in [3.8, 4) is 5.75 Å². The molecule has 28 heavy (non-hydrogen) atoms. The Bertz CT molecular complexity index is 895. The van der Waals surface area contributed by atoms with E-state index >= 15 is 0 Å². The monoisotopic (exact) mass is 384 g/mol. The van der Waals surface area contributed by atoms with Gasteiger partial charge in [0, 0.05) is 30.6 Å². The van der Waals surface area contributed by atoms with Crippen molar-refractivity contribution in [2.45, 2.75) is 58.3 Å². The molecule has 3 rings (SSSR count). The van der Waals surface area contributed by atoms with Gasteiger partial charge in [0.1, 0.15) is 5.75 Å². The fourth-order valence-corrected chi connectivity index (χ4v) is 4.19. The Morgan fingerprint density at radius 3 is 2.64 bits per heavy atom. The maximum atomic E-state index is 13.0. The number of rotatable bonds is 7. The van der Waals surface area contributed by atoms with E-state index in [9.17, 15) is 9.59 Å². The van der Waals surface area contributed by atoms with Crippen molar-refractivity contribution in [2.24, 2.45) is 5.92 Å². The number of carbonyl (C=O) groups excluding carboxylic acids is 1. The summed E-state index contributed by atoms with van der Waals surface area (Å²) in [6.07, 6.45) is 5.58. The van der Waals surface area contributed by atoms with Gasteiger partial charge in [0.15, 0.2) is 0 Å². The molecule has 1 saturated carbocycles. The highest BCUT2D eigenvalue weighted by Gasteiger charge is 2.26. The van der Waals surface area contributed by atoms with E-state index in [1.165, 1.54) is 0 Å². The molecule has 1 aliphatic rings. The van der Waals surface area contributed by atoms with Gasteiger partial charge in [0.05, 0.1) is 19.0 Å². The van der Waals surface area contributed by atoms with Gasteiger partial charge in [0.2, 0.25) is 5.91 Å². The second-order valence-electron chi connectivity index (χ2n) is 8.41. The number of methoxy groups -OCH3 is 1. The molecular weight excluding hydrogens is 352 g/mol. The molecule has 0 saturated heterocycles. The second-order valence-corrected chi connectivity index (χ2v) is 8.41. The second kappa shape index (κ2) is 8.80. The van der Waals surface area contributed by atoms with Crippen LogP contribution in [0.15, 0.2) is 23.0 Å². The number of aromatic nitrogens is 1. The number of pyridine rings is 1. The van der Waals surface area contributed by atoms with Crippen LogP contribution < -0.4 is 10.3 Å². The van der Waals surface area contributed by atoms with E-state index in [1.807, 2.05) is 25.2 Å². The number of hydrogen-bond donors (Lipinski definition) is 1. The molecule has 5 heteroatoms. The number of carbonyl (C=O) groups is 1. The van der Waals surface area contributed by atoms with Crippen LogP contribution in [0.3, 0.4) is 0 Å². The summed E-state index contributed by atoms with van der Waals surface area (Å²) in [6.45, 7) is 5.06. The van der Waals surface area contributed by atoms with Crippen molar-refractivity contribution in [2.75, 3.05) is 20.7 Å². The molecule has 0 unspecified atom stereocenters. The molecule has 0 aliphatic heterocycles. The van der Waals surface area contributed by atoms with Gasteiger partial charge >= 0.3 is 0 Å². The number of nitrogens with zero attached hydrogens (tertiary/aromatic N) is 1. The molecule has 0 bridgehead atoms. The minimum atomic E-state index is -0.0553. The molecule has 1 N–H and O–H groups in total. The van der Waals surface area contributed by atoms with Crippen LogP contribution in [0.1, 0.15) is 63.0 Å². The minimum Gasteiger partial charge on any atom is -0.497 e. The number of benzene rings is 1. The van der Waals surface area contributed by atoms with Gasteiger partial charge in [-0.15, -0.1) is 0 Å². The first-order valence-electron chi connectivity index (χ1n) is 10.4. The van der Waals surface area contributed by atoms with Gasteiger partial charge in [-0.05, 0) is 48.8 Å². The topological polar surface area (TPSA) is 62.4 Å². The highest BCUT2D eigenvalue weighted by molar-refractivity contribution is 5.90. The van der Waals surface area contributed by atoms with Gasteiger partial charge < -0.3 is 14.6 Å². The van der Waals surface area contributed by atoms with Crippen LogP contribution in [-0.4, -0.2) is 36.5 Å². The minimum absolute atomic E-state index is 0.0553. The van der Waals surface area contributed by atoms with Gasteiger partial charge in [-0.2, -0.15) is 0 Å². The summed E-state index contributed by atoms with van der Waals surface area (Å²) >= 11 is 0. The van der Waals surface area contributed by atoms with Crippen molar-refractivity contribution < 1.29 is 9.53 Å². The lowest BCUT2D eigenvalue weighted by Crippen LogP contribution is -2.31. The zero-order valence-electron chi connectivity index (χ0n) is 17.5. The van der Waals surface area contributed by atoms with Gasteiger partial charge in [-0.1, -0.05) is 26.7 Å². The molecule has 1 fully saturated rings. The summed E-state index contributed by atoms with van der Waals surface area (Å²) in [6, 6.07) is 5.71. The quantitative estimate of drug-likeness (QED) is 0.776. The number of hydrogen-bond acceptors (Lipinski definition) is 3. The third-order valence-corrected chi connectivity index (χ3v) is 5.93. The number of amides is 1. The Morgan fingerprint density at radius 2 is 2.00 bits per heavy atom. The van der Waals surface area contributed by atoms with E-state index in [2.05, 4.69) is 18.8 Å². The lowest BCUT2D eigenvalue weighted by atomic mass is 9.90. The van der Waals surface area contributed by atoms with Gasteiger partial charge in [-0.3, -0.25) is 9.59 Å². The molecule has 2 aromatic rings. The fraction of sp³-hybridized carbons (Fsp3) is 0.565. The van der Waals surface area contributed by atoms with Crippen LogP contribution in [0.5, 0.6) is 5.75 Å². The van der Waals surface area contributed by atoms with Crippen LogP contribution in [0.2, 0.25) is 0 Å². The largest absolute Gasteiger partial charge is 0.497 e. The number of aromatic amines is 1. The van der Waals surface area contributed by atoms with Crippen molar-refractivity contribution >= 4 is 16.8 Å². The highest BCUT2D eigenvalue weighted by atomic mass is 16.5. The first-order valence-corrected chi connectivity index (χ1v) is 10.4. The molecule has 0 radical (unpaired) electrons. The Morgan fingerprint density at radius 1 is 1.29 bits per heavy atom. The van der Waals surface area contributed by atoms with Crippen molar-refractivity contribution in [1.29, 1.82) is 0 Å². The van der Waals surface area contributed by atoms with Crippen LogP contribution in [0.4, 0.5) is 0 Å². The van der Waals surface area contributed by atoms with E-state index in [1.54, 1.807) is 12.0 Å². The molecule has 1 aliphatic carbocycles. The summed E-state index contributed by atoms with van der Waals surface area (Å²) in [5, 5.41) is 0.952. The predicted octanol–water partition coefficient (Wildman–Crippen LogP) is 4.24. The van der Waals surface area contributed by atoms with E-state index in [4.69, 9.17) is 4.74 Å².